The lowest BCUT2D eigenvalue weighted by molar-refractivity contribution is 0.265. The van der Waals surface area contributed by atoms with Crippen LogP contribution in [0.3, 0.4) is 0 Å². The van der Waals surface area contributed by atoms with E-state index in [1.807, 2.05) is 6.92 Å². The lowest BCUT2D eigenvalue weighted by Gasteiger charge is -2.11. The van der Waals surface area contributed by atoms with Gasteiger partial charge in [-0.3, -0.25) is 0 Å². The van der Waals surface area contributed by atoms with Crippen LogP contribution < -0.4 is 4.72 Å². The molecule has 7 heteroatoms. The predicted octanol–water partition coefficient (Wildman–Crippen LogP) is 1.62. The van der Waals surface area contributed by atoms with E-state index in [1.165, 1.54) is 12.1 Å². The van der Waals surface area contributed by atoms with Gasteiger partial charge in [-0.2, -0.15) is 0 Å². The fraction of sp³-hybridized carbons (Fsp3) is 0.357. The molecule has 1 unspecified atom stereocenters. The quantitative estimate of drug-likeness (QED) is 0.875. The molecular formula is C14H18N2O4S. The summed E-state index contributed by atoms with van der Waals surface area (Å²) in [7, 11) is -3.63. The number of aliphatic hydroxyl groups is 1. The van der Waals surface area contributed by atoms with Gasteiger partial charge in [0.15, 0.2) is 5.89 Å². The highest BCUT2D eigenvalue weighted by Crippen LogP contribution is 2.24. The third-order valence-electron chi connectivity index (χ3n) is 2.97. The van der Waals surface area contributed by atoms with Crippen molar-refractivity contribution in [2.75, 3.05) is 6.61 Å². The summed E-state index contributed by atoms with van der Waals surface area (Å²) in [6.45, 7) is 4.90. The maximum absolute atomic E-state index is 12.1. The maximum Gasteiger partial charge on any atom is 0.240 e. The van der Waals surface area contributed by atoms with Crippen LogP contribution in [0, 0.1) is 13.8 Å². The van der Waals surface area contributed by atoms with Crippen LogP contribution in [-0.2, 0) is 10.0 Å². The number of rotatable bonds is 5. The van der Waals surface area contributed by atoms with Gasteiger partial charge in [-0.25, -0.2) is 18.1 Å². The minimum Gasteiger partial charge on any atom is -0.446 e. The highest BCUT2D eigenvalue weighted by molar-refractivity contribution is 7.89. The zero-order valence-electron chi connectivity index (χ0n) is 12.1. The Labute approximate surface area is 123 Å². The van der Waals surface area contributed by atoms with Crippen molar-refractivity contribution in [2.24, 2.45) is 0 Å². The van der Waals surface area contributed by atoms with Gasteiger partial charge in [0.1, 0.15) is 11.5 Å². The van der Waals surface area contributed by atoms with E-state index in [0.717, 1.165) is 5.56 Å². The van der Waals surface area contributed by atoms with Crippen molar-refractivity contribution in [2.45, 2.75) is 31.7 Å². The first-order chi connectivity index (χ1) is 9.83. The largest absolute Gasteiger partial charge is 0.446 e. The number of oxazole rings is 1. The van der Waals surface area contributed by atoms with Crippen molar-refractivity contribution in [1.29, 1.82) is 0 Å². The van der Waals surface area contributed by atoms with E-state index in [1.54, 1.807) is 26.0 Å². The highest BCUT2D eigenvalue weighted by atomic mass is 32.2. The van der Waals surface area contributed by atoms with Gasteiger partial charge in [0.2, 0.25) is 10.0 Å². The summed E-state index contributed by atoms with van der Waals surface area (Å²) in [6, 6.07) is 5.84. The van der Waals surface area contributed by atoms with Crippen molar-refractivity contribution < 1.29 is 17.9 Å². The van der Waals surface area contributed by atoms with Crippen LogP contribution in [0.15, 0.2) is 33.6 Å². The van der Waals surface area contributed by atoms with Gasteiger partial charge < -0.3 is 9.52 Å². The third kappa shape index (κ3) is 3.49. The number of nitrogens with zero attached hydrogens (tertiary/aromatic N) is 1. The number of benzene rings is 1. The molecule has 0 spiro atoms. The number of aliphatic hydroxyl groups excluding tert-OH is 1. The molecule has 0 aliphatic carbocycles. The molecule has 1 heterocycles. The molecule has 2 aromatic rings. The van der Waals surface area contributed by atoms with E-state index < -0.39 is 16.1 Å². The number of hydrogen-bond donors (Lipinski definition) is 2. The Morgan fingerprint density at radius 1 is 1.29 bits per heavy atom. The first-order valence-corrected chi connectivity index (χ1v) is 7.99. The number of aryl methyl sites for hydroxylation is 2. The lowest BCUT2D eigenvalue weighted by atomic mass is 10.1. The standard InChI is InChI=1S/C14H18N2O4S/c1-9(8-17)16-21(18,19)13-6-4-12(5-7-13)14-10(2)20-11(3)15-14/h4-7,9,16-17H,8H2,1-3H3. The smallest absolute Gasteiger partial charge is 0.240 e. The molecule has 2 N–H and O–H groups in total. The molecule has 2 rings (SSSR count). The molecule has 1 aromatic heterocycles. The minimum atomic E-state index is -3.63. The van der Waals surface area contributed by atoms with Gasteiger partial charge in [-0.1, -0.05) is 12.1 Å². The topological polar surface area (TPSA) is 92.4 Å². The van der Waals surface area contributed by atoms with Crippen LogP contribution >= 0.6 is 0 Å². The molecule has 0 saturated heterocycles. The van der Waals surface area contributed by atoms with Crippen LogP contribution in [-0.4, -0.2) is 31.2 Å². The zero-order valence-corrected chi connectivity index (χ0v) is 12.9. The van der Waals surface area contributed by atoms with Gasteiger partial charge in [-0.15, -0.1) is 0 Å². The third-order valence-corrected chi connectivity index (χ3v) is 4.58. The van der Waals surface area contributed by atoms with Gasteiger partial charge in [-0.05, 0) is 26.0 Å². The maximum atomic E-state index is 12.1. The number of hydrogen-bond acceptors (Lipinski definition) is 5. The average Bonchev–Trinajstić information content (AvgIpc) is 2.77. The Kier molecular flexibility index (Phi) is 4.46. The molecule has 21 heavy (non-hydrogen) atoms. The second-order valence-corrected chi connectivity index (χ2v) is 6.58. The van der Waals surface area contributed by atoms with E-state index in [4.69, 9.17) is 9.52 Å². The van der Waals surface area contributed by atoms with E-state index in [0.29, 0.717) is 17.3 Å². The fourth-order valence-corrected chi connectivity index (χ4v) is 3.19. The normalized spacial score (nSPS) is 13.3. The fourth-order valence-electron chi connectivity index (χ4n) is 1.96. The van der Waals surface area contributed by atoms with Gasteiger partial charge in [0, 0.05) is 18.5 Å². The summed E-state index contributed by atoms with van der Waals surface area (Å²) in [5.74, 6) is 1.26. The van der Waals surface area contributed by atoms with Crippen molar-refractivity contribution in [1.82, 2.24) is 9.71 Å². The molecule has 0 saturated carbocycles. The first kappa shape index (κ1) is 15.7. The molecule has 0 aliphatic rings. The van der Waals surface area contributed by atoms with Crippen LogP contribution in [0.1, 0.15) is 18.6 Å². The number of nitrogens with one attached hydrogen (secondary N) is 1. The molecule has 6 nitrogen and oxygen atoms in total. The molecule has 1 aromatic carbocycles. The summed E-state index contributed by atoms with van der Waals surface area (Å²) >= 11 is 0. The molecule has 0 aliphatic heterocycles. The molecule has 0 fully saturated rings. The Hall–Kier alpha value is -1.70. The molecule has 0 amide bonds. The summed E-state index contributed by atoms with van der Waals surface area (Å²) in [5.41, 5.74) is 1.49. The molecule has 114 valence electrons. The zero-order chi connectivity index (χ0) is 15.6. The summed E-state index contributed by atoms with van der Waals surface area (Å²) in [6.07, 6.45) is 0. The Bertz CT molecular complexity index is 720. The van der Waals surface area contributed by atoms with Crippen LogP contribution in [0.4, 0.5) is 0 Å². The van der Waals surface area contributed by atoms with Crippen LogP contribution in [0.25, 0.3) is 11.3 Å². The minimum absolute atomic E-state index is 0.143. The first-order valence-electron chi connectivity index (χ1n) is 6.51. The summed E-state index contributed by atoms with van der Waals surface area (Å²) < 4.78 is 31.9. The van der Waals surface area contributed by atoms with E-state index in [9.17, 15) is 8.42 Å². The van der Waals surface area contributed by atoms with Gasteiger partial charge in [0.05, 0.1) is 11.5 Å². The predicted molar refractivity (Wildman–Crippen MR) is 78.3 cm³/mol. The van der Waals surface area contributed by atoms with Crippen molar-refractivity contribution in [3.05, 3.63) is 35.9 Å². The number of aromatic nitrogens is 1. The Morgan fingerprint density at radius 3 is 2.38 bits per heavy atom. The monoisotopic (exact) mass is 310 g/mol. The molecule has 0 radical (unpaired) electrons. The summed E-state index contributed by atoms with van der Waals surface area (Å²) in [4.78, 5) is 4.41. The lowest BCUT2D eigenvalue weighted by Crippen LogP contribution is -2.34. The van der Waals surface area contributed by atoms with E-state index in [2.05, 4.69) is 9.71 Å². The SMILES string of the molecule is Cc1nc(-c2ccc(S(=O)(=O)NC(C)CO)cc2)c(C)o1. The van der Waals surface area contributed by atoms with E-state index in [-0.39, 0.29) is 11.5 Å². The Morgan fingerprint density at radius 2 is 1.90 bits per heavy atom. The molecule has 1 atom stereocenters. The van der Waals surface area contributed by atoms with Gasteiger partial charge >= 0.3 is 0 Å². The van der Waals surface area contributed by atoms with Crippen molar-refractivity contribution in [3.63, 3.8) is 0 Å². The van der Waals surface area contributed by atoms with E-state index >= 15 is 0 Å². The summed E-state index contributed by atoms with van der Waals surface area (Å²) in [5, 5.41) is 8.93. The average molecular weight is 310 g/mol. The highest BCUT2D eigenvalue weighted by Gasteiger charge is 2.17. The van der Waals surface area contributed by atoms with Gasteiger partial charge in [0.25, 0.3) is 0 Å². The number of sulfonamides is 1. The molecule has 0 bridgehead atoms. The van der Waals surface area contributed by atoms with Crippen LogP contribution in [0.5, 0.6) is 0 Å². The van der Waals surface area contributed by atoms with Crippen LogP contribution in [0.2, 0.25) is 0 Å². The second-order valence-electron chi connectivity index (χ2n) is 4.87. The Balaban J connectivity index is 2.29. The van der Waals surface area contributed by atoms with Crippen molar-refractivity contribution >= 4 is 10.0 Å². The second kappa shape index (κ2) is 5.97. The molecular weight excluding hydrogens is 292 g/mol. The van der Waals surface area contributed by atoms with Crippen molar-refractivity contribution in [3.8, 4) is 11.3 Å².